The molecule has 13 heavy (non-hydrogen) atoms. The van der Waals surface area contributed by atoms with E-state index in [2.05, 4.69) is 50.1 Å². The molecule has 0 N–H and O–H groups in total. The smallest absolute Gasteiger partial charge is 0.0321 e. The minimum Gasteiger partial charge on any atom is -0.304 e. The lowest BCUT2D eigenvalue weighted by molar-refractivity contribution is 0.405. The van der Waals surface area contributed by atoms with Gasteiger partial charge in [0.25, 0.3) is 0 Å². The first-order chi connectivity index (χ1) is 6.08. The molecule has 0 aromatic carbocycles. The quantitative estimate of drug-likeness (QED) is 0.729. The summed E-state index contributed by atoms with van der Waals surface area (Å²) in [6.07, 6.45) is 0. The highest BCUT2D eigenvalue weighted by molar-refractivity contribution is 7.11. The molecule has 0 bridgehead atoms. The molecule has 0 radical (unpaired) electrons. The van der Waals surface area contributed by atoms with Crippen LogP contribution in [0.4, 0.5) is 0 Å². The molecule has 0 saturated carbocycles. The van der Waals surface area contributed by atoms with E-state index in [1.165, 1.54) is 9.75 Å². The molecule has 1 rings (SSSR count). The summed E-state index contributed by atoms with van der Waals surface area (Å²) in [6.45, 7) is 2.11. The second kappa shape index (κ2) is 4.74. The first-order valence-corrected chi connectivity index (χ1v) is 5.26. The molecule has 0 spiro atoms. The second-order valence-electron chi connectivity index (χ2n) is 3.84. The van der Waals surface area contributed by atoms with Crippen molar-refractivity contribution in [2.45, 2.75) is 13.1 Å². The molecule has 3 heteroatoms. The topological polar surface area (TPSA) is 6.48 Å². The number of rotatable bonds is 4. The van der Waals surface area contributed by atoms with Crippen LogP contribution in [0.15, 0.2) is 12.1 Å². The van der Waals surface area contributed by atoms with Crippen molar-refractivity contribution >= 4 is 11.3 Å². The third-order valence-electron chi connectivity index (χ3n) is 1.66. The molecule has 0 unspecified atom stereocenters. The highest BCUT2D eigenvalue weighted by Crippen LogP contribution is 2.18. The summed E-state index contributed by atoms with van der Waals surface area (Å²) < 4.78 is 0. The average molecular weight is 198 g/mol. The lowest BCUT2D eigenvalue weighted by Crippen LogP contribution is -2.09. The molecule has 0 fully saturated rings. The summed E-state index contributed by atoms with van der Waals surface area (Å²) >= 11 is 1.91. The zero-order chi connectivity index (χ0) is 9.84. The van der Waals surface area contributed by atoms with Gasteiger partial charge in [-0.05, 0) is 40.3 Å². The Morgan fingerprint density at radius 3 is 1.62 bits per heavy atom. The summed E-state index contributed by atoms with van der Waals surface area (Å²) in [4.78, 5) is 7.29. The van der Waals surface area contributed by atoms with Crippen molar-refractivity contribution in [2.75, 3.05) is 28.2 Å². The summed E-state index contributed by atoms with van der Waals surface area (Å²) in [5, 5.41) is 0. The fraction of sp³-hybridized carbons (Fsp3) is 0.600. The fourth-order valence-electron chi connectivity index (χ4n) is 1.22. The van der Waals surface area contributed by atoms with Crippen LogP contribution >= 0.6 is 11.3 Å². The Labute approximate surface area is 84.8 Å². The van der Waals surface area contributed by atoms with Crippen molar-refractivity contribution in [3.8, 4) is 0 Å². The second-order valence-corrected chi connectivity index (χ2v) is 5.10. The van der Waals surface area contributed by atoms with E-state index in [1.54, 1.807) is 0 Å². The Bertz CT molecular complexity index is 229. The summed E-state index contributed by atoms with van der Waals surface area (Å²) in [6, 6.07) is 4.45. The van der Waals surface area contributed by atoms with Gasteiger partial charge in [-0.25, -0.2) is 0 Å². The zero-order valence-corrected chi connectivity index (χ0v) is 9.69. The maximum Gasteiger partial charge on any atom is 0.0321 e. The standard InChI is InChI=1S/C10H18N2S/c1-11(2)7-9-5-6-10(13-9)8-12(3)4/h5-6H,7-8H2,1-4H3. The third-order valence-corrected chi connectivity index (χ3v) is 2.72. The first-order valence-electron chi connectivity index (χ1n) is 4.45. The van der Waals surface area contributed by atoms with Crippen molar-refractivity contribution in [1.29, 1.82) is 0 Å². The van der Waals surface area contributed by atoms with Crippen LogP contribution in [0.2, 0.25) is 0 Å². The molecule has 2 nitrogen and oxygen atoms in total. The van der Waals surface area contributed by atoms with E-state index in [4.69, 9.17) is 0 Å². The fourth-order valence-corrected chi connectivity index (χ4v) is 2.47. The highest BCUT2D eigenvalue weighted by Gasteiger charge is 2.01. The molecule has 1 aromatic rings. The molecule has 0 aliphatic rings. The Balaban J connectivity index is 2.53. The van der Waals surface area contributed by atoms with Crippen LogP contribution < -0.4 is 0 Å². The zero-order valence-electron chi connectivity index (χ0n) is 8.87. The minimum atomic E-state index is 1.05. The summed E-state index contributed by atoms with van der Waals surface area (Å²) in [7, 11) is 8.41. The number of hydrogen-bond donors (Lipinski definition) is 0. The van der Waals surface area contributed by atoms with E-state index in [0.717, 1.165) is 13.1 Å². The maximum absolute atomic E-state index is 2.23. The Hall–Kier alpha value is -0.380. The molecule has 74 valence electrons. The van der Waals surface area contributed by atoms with Gasteiger partial charge in [0.2, 0.25) is 0 Å². The molecule has 0 aliphatic heterocycles. The molecule has 1 aromatic heterocycles. The van der Waals surface area contributed by atoms with Crippen molar-refractivity contribution in [3.63, 3.8) is 0 Å². The van der Waals surface area contributed by atoms with Gasteiger partial charge in [-0.2, -0.15) is 0 Å². The summed E-state index contributed by atoms with van der Waals surface area (Å²) in [5.74, 6) is 0. The van der Waals surface area contributed by atoms with Gasteiger partial charge in [0, 0.05) is 22.8 Å². The van der Waals surface area contributed by atoms with Gasteiger partial charge < -0.3 is 9.80 Å². The van der Waals surface area contributed by atoms with Crippen molar-refractivity contribution in [1.82, 2.24) is 9.80 Å². The normalized spacial score (nSPS) is 11.5. The van der Waals surface area contributed by atoms with Crippen LogP contribution in [0, 0.1) is 0 Å². The van der Waals surface area contributed by atoms with Gasteiger partial charge in [-0.3, -0.25) is 0 Å². The predicted octanol–water partition coefficient (Wildman–Crippen LogP) is 1.87. The Kier molecular flexibility index (Phi) is 3.90. The SMILES string of the molecule is CN(C)Cc1ccc(CN(C)C)s1. The van der Waals surface area contributed by atoms with Crippen LogP contribution in [0.3, 0.4) is 0 Å². The average Bonchev–Trinajstić information content (AvgIpc) is 2.33. The predicted molar refractivity (Wildman–Crippen MR) is 59.1 cm³/mol. The van der Waals surface area contributed by atoms with Crippen LogP contribution in [0.25, 0.3) is 0 Å². The van der Waals surface area contributed by atoms with Gasteiger partial charge in [0.15, 0.2) is 0 Å². The first kappa shape index (κ1) is 10.7. The molecular weight excluding hydrogens is 180 g/mol. The van der Waals surface area contributed by atoms with Gasteiger partial charge in [-0.15, -0.1) is 11.3 Å². The van der Waals surface area contributed by atoms with E-state index >= 15 is 0 Å². The summed E-state index contributed by atoms with van der Waals surface area (Å²) in [5.41, 5.74) is 0. The number of thiophene rings is 1. The van der Waals surface area contributed by atoms with Crippen LogP contribution in [-0.2, 0) is 13.1 Å². The van der Waals surface area contributed by atoms with Crippen molar-refractivity contribution in [3.05, 3.63) is 21.9 Å². The number of hydrogen-bond acceptors (Lipinski definition) is 3. The van der Waals surface area contributed by atoms with E-state index < -0.39 is 0 Å². The van der Waals surface area contributed by atoms with E-state index in [-0.39, 0.29) is 0 Å². The largest absolute Gasteiger partial charge is 0.304 e. The monoisotopic (exact) mass is 198 g/mol. The van der Waals surface area contributed by atoms with Crippen molar-refractivity contribution in [2.24, 2.45) is 0 Å². The van der Waals surface area contributed by atoms with Gasteiger partial charge >= 0.3 is 0 Å². The minimum absolute atomic E-state index is 1.05. The van der Waals surface area contributed by atoms with Crippen LogP contribution in [-0.4, -0.2) is 38.0 Å². The lowest BCUT2D eigenvalue weighted by atomic mass is 10.4. The third kappa shape index (κ3) is 3.89. The van der Waals surface area contributed by atoms with Gasteiger partial charge in [0.1, 0.15) is 0 Å². The Morgan fingerprint density at radius 1 is 0.923 bits per heavy atom. The van der Waals surface area contributed by atoms with Crippen LogP contribution in [0.1, 0.15) is 9.75 Å². The van der Waals surface area contributed by atoms with E-state index in [9.17, 15) is 0 Å². The molecule has 0 aliphatic carbocycles. The van der Waals surface area contributed by atoms with Crippen molar-refractivity contribution < 1.29 is 0 Å². The molecule has 0 amide bonds. The lowest BCUT2D eigenvalue weighted by Gasteiger charge is -2.07. The van der Waals surface area contributed by atoms with Gasteiger partial charge in [0.05, 0.1) is 0 Å². The highest BCUT2D eigenvalue weighted by atomic mass is 32.1. The molecule has 1 heterocycles. The molecule has 0 atom stereocenters. The Morgan fingerprint density at radius 2 is 1.31 bits per heavy atom. The molecule has 0 saturated heterocycles. The molecular formula is C10H18N2S. The van der Waals surface area contributed by atoms with E-state index in [0.29, 0.717) is 0 Å². The van der Waals surface area contributed by atoms with E-state index in [1.807, 2.05) is 11.3 Å². The number of nitrogens with zero attached hydrogens (tertiary/aromatic N) is 2. The van der Waals surface area contributed by atoms with Crippen LogP contribution in [0.5, 0.6) is 0 Å². The maximum atomic E-state index is 2.23. The van der Waals surface area contributed by atoms with Gasteiger partial charge in [-0.1, -0.05) is 0 Å².